The second-order valence-corrected chi connectivity index (χ2v) is 7.94. The zero-order chi connectivity index (χ0) is 25.4. The van der Waals surface area contributed by atoms with Crippen LogP contribution in [0.2, 0.25) is 10.0 Å². The van der Waals surface area contributed by atoms with E-state index in [0.29, 0.717) is 27.2 Å². The molecule has 0 aliphatic rings. The molecule has 1 aromatic heterocycles. The minimum atomic E-state index is -0.995. The fourth-order valence-electron chi connectivity index (χ4n) is 2.67. The lowest BCUT2D eigenvalue weighted by atomic mass is 10.2. The molecule has 0 radical (unpaired) electrons. The Morgan fingerprint density at radius 2 is 1.63 bits per heavy atom. The second-order valence-electron chi connectivity index (χ2n) is 7.06. The number of furan rings is 1. The van der Waals surface area contributed by atoms with Gasteiger partial charge in [0.2, 0.25) is 0 Å². The van der Waals surface area contributed by atoms with Crippen LogP contribution < -0.4 is 21.4 Å². The van der Waals surface area contributed by atoms with Gasteiger partial charge in [-0.05, 0) is 55.0 Å². The number of aryl methyl sites for hydroxylation is 1. The standard InChI is InChI=1S/C23H19Cl2N5O5/c1-13-5-6-15(25)10-19(13)29-22(33)23(34)30-27-12-18-8-7-17(35-18)11-26-20(31)21(32)28-16-4-2-3-14(24)9-16/h2-10,12H,11H2,1H3,(H,26,31)(H,28,32)(H,29,33)(H,30,34)/b27-12+. The molecular weight excluding hydrogens is 497 g/mol. The van der Waals surface area contributed by atoms with Crippen molar-refractivity contribution in [3.8, 4) is 0 Å². The topological polar surface area (TPSA) is 142 Å². The van der Waals surface area contributed by atoms with Gasteiger partial charge < -0.3 is 20.4 Å². The number of carbonyl (C=O) groups is 4. The van der Waals surface area contributed by atoms with Crippen LogP contribution in [0, 0.1) is 6.92 Å². The average molecular weight is 516 g/mol. The summed E-state index contributed by atoms with van der Waals surface area (Å²) in [5, 5.41) is 11.8. The summed E-state index contributed by atoms with van der Waals surface area (Å²) in [4.78, 5) is 47.9. The first-order valence-corrected chi connectivity index (χ1v) is 10.8. The molecule has 3 rings (SSSR count). The summed E-state index contributed by atoms with van der Waals surface area (Å²) in [6.07, 6.45) is 1.17. The molecule has 0 fully saturated rings. The molecule has 4 N–H and O–H groups in total. The third-order valence-corrected chi connectivity index (χ3v) is 4.88. The number of nitrogens with one attached hydrogen (secondary N) is 4. The van der Waals surface area contributed by atoms with Crippen molar-refractivity contribution in [2.75, 3.05) is 10.6 Å². The molecule has 0 aliphatic heterocycles. The first-order valence-electron chi connectivity index (χ1n) is 10.1. The van der Waals surface area contributed by atoms with Gasteiger partial charge in [0.25, 0.3) is 0 Å². The van der Waals surface area contributed by atoms with Crippen LogP contribution in [0.1, 0.15) is 17.1 Å². The van der Waals surface area contributed by atoms with Gasteiger partial charge in [0.1, 0.15) is 11.5 Å². The van der Waals surface area contributed by atoms with Crippen LogP contribution in [0.25, 0.3) is 0 Å². The zero-order valence-electron chi connectivity index (χ0n) is 18.2. The predicted molar refractivity (Wildman–Crippen MR) is 131 cm³/mol. The smallest absolute Gasteiger partial charge is 0.329 e. The number of hydrazone groups is 1. The van der Waals surface area contributed by atoms with Crippen molar-refractivity contribution < 1.29 is 23.6 Å². The fraction of sp³-hybridized carbons (Fsp3) is 0.0870. The van der Waals surface area contributed by atoms with E-state index in [-0.39, 0.29) is 12.3 Å². The molecule has 180 valence electrons. The molecule has 12 heteroatoms. The van der Waals surface area contributed by atoms with Crippen LogP contribution >= 0.6 is 23.2 Å². The first kappa shape index (κ1) is 25.5. The highest BCUT2D eigenvalue weighted by Gasteiger charge is 2.15. The Kier molecular flexibility index (Phi) is 8.60. The maximum Gasteiger partial charge on any atom is 0.329 e. The third kappa shape index (κ3) is 7.70. The molecule has 35 heavy (non-hydrogen) atoms. The summed E-state index contributed by atoms with van der Waals surface area (Å²) < 4.78 is 5.43. The molecule has 0 aliphatic carbocycles. The largest absolute Gasteiger partial charge is 0.458 e. The Morgan fingerprint density at radius 1 is 0.886 bits per heavy atom. The minimum Gasteiger partial charge on any atom is -0.458 e. The highest BCUT2D eigenvalue weighted by Crippen LogP contribution is 2.20. The molecule has 3 aromatic rings. The molecule has 1 heterocycles. The van der Waals surface area contributed by atoms with E-state index in [9.17, 15) is 19.2 Å². The molecule has 0 unspecified atom stereocenters. The zero-order valence-corrected chi connectivity index (χ0v) is 19.7. The molecular formula is C23H19Cl2N5O5. The first-order chi connectivity index (χ1) is 16.7. The quantitative estimate of drug-likeness (QED) is 0.226. The van der Waals surface area contributed by atoms with Gasteiger partial charge in [0.05, 0.1) is 12.8 Å². The van der Waals surface area contributed by atoms with Crippen LogP contribution in [-0.4, -0.2) is 29.8 Å². The fourth-order valence-corrected chi connectivity index (χ4v) is 3.04. The molecule has 4 amide bonds. The summed E-state index contributed by atoms with van der Waals surface area (Å²) in [6.45, 7) is 1.69. The number of halogens is 2. The van der Waals surface area contributed by atoms with Crippen molar-refractivity contribution in [3.63, 3.8) is 0 Å². The summed E-state index contributed by atoms with van der Waals surface area (Å²) >= 11 is 11.7. The van der Waals surface area contributed by atoms with Crippen LogP contribution in [0.3, 0.4) is 0 Å². The Bertz CT molecular complexity index is 1300. The van der Waals surface area contributed by atoms with Gasteiger partial charge in [-0.15, -0.1) is 0 Å². The number of hydrogen-bond acceptors (Lipinski definition) is 6. The number of carbonyl (C=O) groups excluding carboxylic acids is 4. The number of benzene rings is 2. The van der Waals surface area contributed by atoms with E-state index < -0.39 is 23.6 Å². The van der Waals surface area contributed by atoms with Crippen LogP contribution in [0.4, 0.5) is 11.4 Å². The van der Waals surface area contributed by atoms with Gasteiger partial charge in [-0.2, -0.15) is 5.10 Å². The van der Waals surface area contributed by atoms with Crippen molar-refractivity contribution in [2.24, 2.45) is 5.10 Å². The number of hydrogen-bond donors (Lipinski definition) is 4. The lowest BCUT2D eigenvalue weighted by molar-refractivity contribution is -0.136. The van der Waals surface area contributed by atoms with Gasteiger partial charge in [0, 0.05) is 21.4 Å². The molecule has 0 saturated carbocycles. The maximum absolute atomic E-state index is 12.0. The van der Waals surface area contributed by atoms with Crippen molar-refractivity contribution >= 4 is 64.4 Å². The lowest BCUT2D eigenvalue weighted by Gasteiger charge is -2.07. The summed E-state index contributed by atoms with van der Waals surface area (Å²) in [5.74, 6) is -3.09. The van der Waals surface area contributed by atoms with E-state index in [1.54, 1.807) is 43.3 Å². The van der Waals surface area contributed by atoms with Gasteiger partial charge >= 0.3 is 23.6 Å². The monoisotopic (exact) mass is 515 g/mol. The second kappa shape index (κ2) is 11.8. The Labute approximate surface area is 209 Å². The molecule has 0 bridgehead atoms. The summed E-state index contributed by atoms with van der Waals surface area (Å²) in [5.41, 5.74) is 3.60. The van der Waals surface area contributed by atoms with Gasteiger partial charge in [0.15, 0.2) is 0 Å². The van der Waals surface area contributed by atoms with Crippen molar-refractivity contribution in [1.82, 2.24) is 10.7 Å². The Morgan fingerprint density at radius 3 is 2.40 bits per heavy atom. The Hall–Kier alpha value is -4.15. The number of amides is 4. The van der Waals surface area contributed by atoms with E-state index in [0.717, 1.165) is 5.56 Å². The van der Waals surface area contributed by atoms with Gasteiger partial charge in [-0.25, -0.2) is 5.43 Å². The van der Waals surface area contributed by atoms with Gasteiger partial charge in [-0.3, -0.25) is 19.2 Å². The molecule has 0 atom stereocenters. The summed E-state index contributed by atoms with van der Waals surface area (Å²) in [7, 11) is 0. The average Bonchev–Trinajstić information content (AvgIpc) is 3.27. The van der Waals surface area contributed by atoms with Crippen molar-refractivity contribution in [3.05, 3.63) is 81.7 Å². The maximum atomic E-state index is 12.0. The molecule has 2 aromatic carbocycles. The normalized spacial score (nSPS) is 10.6. The predicted octanol–water partition coefficient (Wildman–Crippen LogP) is 3.24. The lowest BCUT2D eigenvalue weighted by Crippen LogP contribution is -2.34. The van der Waals surface area contributed by atoms with E-state index in [4.69, 9.17) is 27.6 Å². The van der Waals surface area contributed by atoms with Crippen LogP contribution in [-0.2, 0) is 25.7 Å². The minimum absolute atomic E-state index is 0.0661. The van der Waals surface area contributed by atoms with Crippen LogP contribution in [0.5, 0.6) is 0 Å². The van der Waals surface area contributed by atoms with Crippen LogP contribution in [0.15, 0.2) is 64.1 Å². The van der Waals surface area contributed by atoms with Crippen molar-refractivity contribution in [1.29, 1.82) is 0 Å². The van der Waals surface area contributed by atoms with Crippen molar-refractivity contribution in [2.45, 2.75) is 13.5 Å². The van der Waals surface area contributed by atoms with Gasteiger partial charge in [-0.1, -0.05) is 35.3 Å². The molecule has 0 saturated heterocycles. The van der Waals surface area contributed by atoms with E-state index in [1.807, 2.05) is 0 Å². The number of rotatable bonds is 6. The van der Waals surface area contributed by atoms with E-state index >= 15 is 0 Å². The van der Waals surface area contributed by atoms with E-state index in [2.05, 4.69) is 26.5 Å². The number of anilines is 2. The Balaban J connectivity index is 1.45. The highest BCUT2D eigenvalue weighted by atomic mass is 35.5. The summed E-state index contributed by atoms with van der Waals surface area (Å²) in [6, 6.07) is 14.3. The highest BCUT2D eigenvalue weighted by molar-refractivity contribution is 6.40. The third-order valence-electron chi connectivity index (χ3n) is 4.41. The number of nitrogens with zero attached hydrogens (tertiary/aromatic N) is 1. The SMILES string of the molecule is Cc1ccc(Cl)cc1NC(=O)C(=O)N/N=C/c1ccc(CNC(=O)C(=O)Nc2cccc(Cl)c2)o1. The van der Waals surface area contributed by atoms with E-state index in [1.165, 1.54) is 24.4 Å². The molecule has 0 spiro atoms. The molecule has 10 nitrogen and oxygen atoms in total.